The van der Waals surface area contributed by atoms with Crippen LogP contribution in [0.4, 0.5) is 5.82 Å². The smallest absolute Gasteiger partial charge is 0.140 e. The Bertz CT molecular complexity index is 595. The molecule has 20 heavy (non-hydrogen) atoms. The Balaban J connectivity index is 2.55. The van der Waals surface area contributed by atoms with Gasteiger partial charge in [-0.2, -0.15) is 0 Å². The van der Waals surface area contributed by atoms with Gasteiger partial charge in [-0.3, -0.25) is 0 Å². The molecule has 0 bridgehead atoms. The highest BCUT2D eigenvalue weighted by Crippen LogP contribution is 2.31. The zero-order valence-electron chi connectivity index (χ0n) is 12.9. The zero-order valence-corrected chi connectivity index (χ0v) is 12.9. The Morgan fingerprint density at radius 3 is 2.05 bits per heavy atom. The van der Waals surface area contributed by atoms with E-state index in [-0.39, 0.29) is 10.8 Å². The molecule has 0 amide bonds. The maximum absolute atomic E-state index is 5.98. The highest BCUT2D eigenvalue weighted by Gasteiger charge is 2.28. The Morgan fingerprint density at radius 2 is 1.50 bits per heavy atom. The van der Waals surface area contributed by atoms with Crippen LogP contribution in [0.1, 0.15) is 51.7 Å². The molecule has 0 saturated heterocycles. The molecule has 106 valence electrons. The molecular formula is C17H23N3. The number of benzene rings is 1. The van der Waals surface area contributed by atoms with E-state index in [4.69, 9.17) is 10.7 Å². The van der Waals surface area contributed by atoms with E-state index in [1.54, 1.807) is 0 Å². The highest BCUT2D eigenvalue weighted by molar-refractivity contribution is 5.38. The average molecular weight is 269 g/mol. The van der Waals surface area contributed by atoms with Crippen LogP contribution in [0.25, 0.3) is 0 Å². The van der Waals surface area contributed by atoms with E-state index >= 15 is 0 Å². The van der Waals surface area contributed by atoms with Crippen molar-refractivity contribution in [2.75, 3.05) is 5.73 Å². The van der Waals surface area contributed by atoms with Crippen molar-refractivity contribution >= 4 is 5.82 Å². The van der Waals surface area contributed by atoms with Crippen LogP contribution in [-0.2, 0) is 10.8 Å². The third-order valence-electron chi connectivity index (χ3n) is 3.57. The molecule has 1 heterocycles. The van der Waals surface area contributed by atoms with Gasteiger partial charge in [0.05, 0.1) is 5.69 Å². The Hall–Kier alpha value is -1.90. The van der Waals surface area contributed by atoms with Crippen molar-refractivity contribution in [2.45, 2.75) is 45.4 Å². The summed E-state index contributed by atoms with van der Waals surface area (Å²) >= 11 is 0. The van der Waals surface area contributed by atoms with E-state index in [2.05, 4.69) is 51.7 Å². The first-order valence-electron chi connectivity index (χ1n) is 6.92. The van der Waals surface area contributed by atoms with Gasteiger partial charge in [-0.25, -0.2) is 9.97 Å². The lowest BCUT2D eigenvalue weighted by Crippen LogP contribution is -2.26. The van der Waals surface area contributed by atoms with E-state index in [0.717, 1.165) is 11.5 Å². The third-order valence-corrected chi connectivity index (χ3v) is 3.57. The van der Waals surface area contributed by atoms with Crippen molar-refractivity contribution in [3.8, 4) is 0 Å². The lowest BCUT2D eigenvalue weighted by molar-refractivity contribution is 0.535. The van der Waals surface area contributed by atoms with Crippen molar-refractivity contribution in [3.05, 3.63) is 53.5 Å². The molecule has 1 aromatic heterocycles. The lowest BCUT2D eigenvalue weighted by Gasteiger charge is -2.26. The summed E-state index contributed by atoms with van der Waals surface area (Å²) in [5, 5.41) is 0. The number of hydrogen-bond donors (Lipinski definition) is 1. The molecule has 0 radical (unpaired) electrons. The fourth-order valence-electron chi connectivity index (χ4n) is 2.11. The van der Waals surface area contributed by atoms with Crippen molar-refractivity contribution in [3.63, 3.8) is 0 Å². The number of nitrogen functional groups attached to an aromatic ring is 1. The van der Waals surface area contributed by atoms with Gasteiger partial charge < -0.3 is 5.73 Å². The molecule has 2 aromatic rings. The van der Waals surface area contributed by atoms with Gasteiger partial charge in [0.2, 0.25) is 0 Å². The molecule has 0 aliphatic rings. The quantitative estimate of drug-likeness (QED) is 0.904. The maximum Gasteiger partial charge on any atom is 0.140 e. The molecule has 3 heteroatoms. The fraction of sp³-hybridized carbons (Fsp3) is 0.412. The molecule has 0 unspecified atom stereocenters. The van der Waals surface area contributed by atoms with Crippen molar-refractivity contribution in [1.29, 1.82) is 0 Å². The Kier molecular flexibility index (Phi) is 3.55. The van der Waals surface area contributed by atoms with Crippen LogP contribution in [0, 0.1) is 0 Å². The number of hydrogen-bond acceptors (Lipinski definition) is 3. The minimum Gasteiger partial charge on any atom is -0.384 e. The van der Waals surface area contributed by atoms with Gasteiger partial charge in [-0.15, -0.1) is 0 Å². The largest absolute Gasteiger partial charge is 0.384 e. The second-order valence-electron chi connectivity index (χ2n) is 6.74. The summed E-state index contributed by atoms with van der Waals surface area (Å²) in [6.07, 6.45) is 0. The number of rotatable bonds is 2. The molecule has 0 saturated carbocycles. The van der Waals surface area contributed by atoms with E-state index in [1.807, 2.05) is 24.3 Å². The molecule has 2 rings (SSSR count). The summed E-state index contributed by atoms with van der Waals surface area (Å²) in [5.74, 6) is 1.30. The molecule has 0 aliphatic heterocycles. The molecule has 0 aliphatic carbocycles. The first-order chi connectivity index (χ1) is 9.21. The van der Waals surface area contributed by atoms with Gasteiger partial charge in [0.15, 0.2) is 0 Å². The Morgan fingerprint density at radius 1 is 0.900 bits per heavy atom. The van der Waals surface area contributed by atoms with E-state index in [9.17, 15) is 0 Å². The van der Waals surface area contributed by atoms with Crippen molar-refractivity contribution in [2.24, 2.45) is 0 Å². The summed E-state index contributed by atoms with van der Waals surface area (Å²) in [6, 6.07) is 12.2. The van der Waals surface area contributed by atoms with Gasteiger partial charge in [0, 0.05) is 16.9 Å². The molecule has 3 nitrogen and oxygen atoms in total. The van der Waals surface area contributed by atoms with E-state index < -0.39 is 0 Å². The molecule has 2 N–H and O–H groups in total. The fourth-order valence-corrected chi connectivity index (χ4v) is 2.11. The third kappa shape index (κ3) is 2.82. The van der Waals surface area contributed by atoms with Crippen molar-refractivity contribution < 1.29 is 0 Å². The molecular weight excluding hydrogens is 246 g/mol. The van der Waals surface area contributed by atoms with Crippen LogP contribution in [0.2, 0.25) is 0 Å². The highest BCUT2D eigenvalue weighted by atomic mass is 15.0. The van der Waals surface area contributed by atoms with Crippen molar-refractivity contribution in [1.82, 2.24) is 9.97 Å². The summed E-state index contributed by atoms with van der Waals surface area (Å²) in [6.45, 7) is 10.7. The maximum atomic E-state index is 5.98. The summed E-state index contributed by atoms with van der Waals surface area (Å²) in [4.78, 5) is 9.22. The number of nitrogens with zero attached hydrogens (tertiary/aromatic N) is 2. The minimum atomic E-state index is -0.267. The van der Waals surface area contributed by atoms with Crippen LogP contribution in [0.3, 0.4) is 0 Å². The van der Waals surface area contributed by atoms with Gasteiger partial charge in [0.1, 0.15) is 11.6 Å². The molecule has 1 aromatic carbocycles. The predicted molar refractivity (Wildman–Crippen MR) is 83.7 cm³/mol. The number of aromatic nitrogens is 2. The van der Waals surface area contributed by atoms with Gasteiger partial charge in [-0.05, 0) is 19.4 Å². The minimum absolute atomic E-state index is 0.0431. The molecule has 0 fully saturated rings. The van der Waals surface area contributed by atoms with Gasteiger partial charge in [-0.1, -0.05) is 51.1 Å². The van der Waals surface area contributed by atoms with Gasteiger partial charge in [0.25, 0.3) is 0 Å². The second-order valence-corrected chi connectivity index (χ2v) is 6.74. The second kappa shape index (κ2) is 4.89. The zero-order chi connectivity index (χ0) is 15.0. The van der Waals surface area contributed by atoms with Crippen LogP contribution in [0.15, 0.2) is 36.4 Å². The van der Waals surface area contributed by atoms with Crippen LogP contribution >= 0.6 is 0 Å². The standard InChI is InChI=1S/C17H23N3/c1-16(2,3)13-11-14(18)20-15(19-13)17(4,5)12-9-7-6-8-10-12/h6-11H,1-5H3,(H2,18,19,20). The number of anilines is 1. The molecule has 0 spiro atoms. The Labute approximate surface area is 121 Å². The first kappa shape index (κ1) is 14.5. The molecule has 0 atom stereocenters. The average Bonchev–Trinajstić information content (AvgIpc) is 2.38. The van der Waals surface area contributed by atoms with E-state index in [0.29, 0.717) is 5.82 Å². The first-order valence-corrected chi connectivity index (χ1v) is 6.92. The number of nitrogens with two attached hydrogens (primary N) is 1. The van der Waals surface area contributed by atoms with Crippen LogP contribution in [0.5, 0.6) is 0 Å². The predicted octanol–water partition coefficient (Wildman–Crippen LogP) is 3.68. The summed E-state index contributed by atoms with van der Waals surface area (Å²) < 4.78 is 0. The van der Waals surface area contributed by atoms with Crippen LogP contribution in [-0.4, -0.2) is 9.97 Å². The van der Waals surface area contributed by atoms with E-state index in [1.165, 1.54) is 5.56 Å². The van der Waals surface area contributed by atoms with Gasteiger partial charge >= 0.3 is 0 Å². The SMILES string of the molecule is CC(C)(C)c1cc(N)nc(C(C)(C)c2ccccc2)n1. The van der Waals surface area contributed by atoms with Crippen LogP contribution < -0.4 is 5.73 Å². The monoisotopic (exact) mass is 269 g/mol. The lowest BCUT2D eigenvalue weighted by atomic mass is 9.83. The normalized spacial score (nSPS) is 12.4. The summed E-state index contributed by atoms with van der Waals surface area (Å²) in [5.41, 5.74) is 7.83. The summed E-state index contributed by atoms with van der Waals surface area (Å²) in [7, 11) is 0. The topological polar surface area (TPSA) is 51.8 Å².